The first-order valence-electron chi connectivity index (χ1n) is 6.90. The fourth-order valence-corrected chi connectivity index (χ4v) is 3.93. The summed E-state index contributed by atoms with van der Waals surface area (Å²) in [5.74, 6) is 0.206. The summed E-state index contributed by atoms with van der Waals surface area (Å²) in [7, 11) is -1.07. The lowest BCUT2D eigenvalue weighted by Gasteiger charge is -2.18. The number of nitrogens with zero attached hydrogens (tertiary/aromatic N) is 2. The zero-order chi connectivity index (χ0) is 15.9. The third-order valence-corrected chi connectivity index (χ3v) is 5.29. The third-order valence-electron chi connectivity index (χ3n) is 2.67. The van der Waals surface area contributed by atoms with Gasteiger partial charge in [-0.25, -0.2) is 4.79 Å². The van der Waals surface area contributed by atoms with E-state index in [1.54, 1.807) is 12.3 Å². The van der Waals surface area contributed by atoms with E-state index in [-0.39, 0.29) is 11.2 Å². The molecule has 10 heteroatoms. The van der Waals surface area contributed by atoms with Crippen molar-refractivity contribution in [3.05, 3.63) is 22.7 Å². The van der Waals surface area contributed by atoms with Gasteiger partial charge in [-0.3, -0.25) is 4.57 Å². The number of hydrogen-bond donors (Lipinski definition) is 1. The van der Waals surface area contributed by atoms with Crippen LogP contribution in [0.1, 0.15) is 19.2 Å². The van der Waals surface area contributed by atoms with Gasteiger partial charge in [-0.15, -0.1) is 0 Å². The van der Waals surface area contributed by atoms with Crippen molar-refractivity contribution in [1.29, 1.82) is 0 Å². The van der Waals surface area contributed by atoms with Crippen LogP contribution in [0, 0.1) is 0 Å². The molecule has 2 atom stereocenters. The number of rotatable bonds is 8. The Balaban J connectivity index is 1.86. The highest BCUT2D eigenvalue weighted by Gasteiger charge is 2.30. The van der Waals surface area contributed by atoms with E-state index >= 15 is 0 Å². The van der Waals surface area contributed by atoms with Gasteiger partial charge in [0, 0.05) is 6.20 Å². The van der Waals surface area contributed by atoms with Crippen LogP contribution in [-0.4, -0.2) is 41.3 Å². The monoisotopic (exact) mass is 349 g/mol. The summed E-state index contributed by atoms with van der Waals surface area (Å²) in [5, 5.41) is -0.184. The maximum atomic E-state index is 11.8. The molecule has 1 aromatic rings. The molecular weight excluding hydrogens is 329 g/mol. The first kappa shape index (κ1) is 17.7. The van der Waals surface area contributed by atoms with Gasteiger partial charge in [0.15, 0.2) is 8.38 Å². The molecule has 2 heterocycles. The predicted molar refractivity (Wildman–Crippen MR) is 85.4 cm³/mol. The minimum Gasteiger partial charge on any atom is -0.383 e. The lowest BCUT2D eigenvalue weighted by molar-refractivity contribution is -0.0589. The second-order valence-electron chi connectivity index (χ2n) is 4.22. The van der Waals surface area contributed by atoms with E-state index in [0.717, 1.165) is 0 Å². The van der Waals surface area contributed by atoms with Crippen LogP contribution in [0.25, 0.3) is 0 Å². The van der Waals surface area contributed by atoms with Crippen LogP contribution in [0.3, 0.4) is 0 Å². The molecule has 2 N–H and O–H groups in total. The number of aromatic nitrogens is 2. The van der Waals surface area contributed by atoms with Crippen LogP contribution in [0.5, 0.6) is 0 Å². The average molecular weight is 349 g/mol. The lowest BCUT2D eigenvalue weighted by atomic mass is 10.5. The molecule has 0 spiro atoms. The highest BCUT2D eigenvalue weighted by Crippen LogP contribution is 2.41. The highest BCUT2D eigenvalue weighted by molar-refractivity contribution is 7.99. The molecule has 1 aliphatic heterocycles. The van der Waals surface area contributed by atoms with Crippen LogP contribution in [0.2, 0.25) is 0 Å². The summed E-state index contributed by atoms with van der Waals surface area (Å²) in [4.78, 5) is 15.5. The Kier molecular flexibility index (Phi) is 7.07. The highest BCUT2D eigenvalue weighted by atomic mass is 32.2. The number of anilines is 1. The summed E-state index contributed by atoms with van der Waals surface area (Å²) >= 11 is 1.40. The first-order chi connectivity index (χ1) is 10.6. The minimum atomic E-state index is -1.07. The van der Waals surface area contributed by atoms with Crippen LogP contribution in [0.4, 0.5) is 5.82 Å². The van der Waals surface area contributed by atoms with E-state index < -0.39 is 19.7 Å². The molecule has 0 aromatic carbocycles. The van der Waals surface area contributed by atoms with Crippen molar-refractivity contribution in [1.82, 2.24) is 9.55 Å². The molecule has 0 amide bonds. The summed E-state index contributed by atoms with van der Waals surface area (Å²) in [6.07, 6.45) is 1.94. The van der Waals surface area contributed by atoms with Gasteiger partial charge in [0.05, 0.1) is 19.8 Å². The number of ether oxygens (including phenoxy) is 2. The Morgan fingerprint density at radius 1 is 1.50 bits per heavy atom. The summed E-state index contributed by atoms with van der Waals surface area (Å²) in [6, 6.07) is 1.58. The third kappa shape index (κ3) is 4.91. The quantitative estimate of drug-likeness (QED) is 0.709. The van der Waals surface area contributed by atoms with E-state index in [9.17, 15) is 4.79 Å². The van der Waals surface area contributed by atoms with Crippen LogP contribution >= 0.6 is 20.1 Å². The average Bonchev–Trinajstić information content (AvgIpc) is 2.94. The predicted octanol–water partition coefficient (Wildman–Crippen LogP) is 1.73. The first-order valence-corrected chi connectivity index (χ1v) is 9.21. The second kappa shape index (κ2) is 8.81. The zero-order valence-electron chi connectivity index (χ0n) is 12.5. The van der Waals surface area contributed by atoms with Crippen molar-refractivity contribution < 1.29 is 18.5 Å². The Bertz CT molecular complexity index is 526. The van der Waals surface area contributed by atoms with Crippen molar-refractivity contribution in [2.24, 2.45) is 0 Å². The second-order valence-corrected chi connectivity index (χ2v) is 6.86. The van der Waals surface area contributed by atoms with E-state index in [1.807, 2.05) is 13.8 Å². The van der Waals surface area contributed by atoms with Crippen molar-refractivity contribution in [3.63, 3.8) is 0 Å². The summed E-state index contributed by atoms with van der Waals surface area (Å²) < 4.78 is 23.6. The van der Waals surface area contributed by atoms with Crippen LogP contribution in [0.15, 0.2) is 17.1 Å². The lowest BCUT2D eigenvalue weighted by Crippen LogP contribution is -2.26. The van der Waals surface area contributed by atoms with Gasteiger partial charge >= 0.3 is 5.69 Å². The Morgan fingerprint density at radius 3 is 2.86 bits per heavy atom. The fraction of sp³-hybridized carbons (Fsp3) is 0.667. The fourth-order valence-electron chi connectivity index (χ4n) is 1.77. The van der Waals surface area contributed by atoms with E-state index in [0.29, 0.717) is 26.2 Å². The van der Waals surface area contributed by atoms with E-state index in [2.05, 4.69) is 4.98 Å². The molecule has 1 fully saturated rings. The van der Waals surface area contributed by atoms with Crippen molar-refractivity contribution >= 4 is 26.0 Å². The maximum absolute atomic E-state index is 11.8. The topological polar surface area (TPSA) is 97.8 Å². The van der Waals surface area contributed by atoms with Crippen molar-refractivity contribution in [2.75, 3.05) is 31.9 Å². The normalized spacial score (nSPS) is 21.6. The molecule has 0 bridgehead atoms. The molecule has 2 unspecified atom stereocenters. The van der Waals surface area contributed by atoms with Gasteiger partial charge in [-0.1, -0.05) is 11.8 Å². The van der Waals surface area contributed by atoms with Crippen molar-refractivity contribution in [2.45, 2.75) is 24.8 Å². The summed E-state index contributed by atoms with van der Waals surface area (Å²) in [5.41, 5.74) is 4.62. The molecule has 0 aliphatic carbocycles. The van der Waals surface area contributed by atoms with Gasteiger partial charge in [-0.2, -0.15) is 4.98 Å². The zero-order valence-corrected chi connectivity index (χ0v) is 14.2. The van der Waals surface area contributed by atoms with Gasteiger partial charge in [0.25, 0.3) is 0 Å². The van der Waals surface area contributed by atoms with Gasteiger partial charge < -0.3 is 24.3 Å². The largest absolute Gasteiger partial charge is 0.383 e. The molecule has 1 aliphatic rings. The molecule has 2 rings (SSSR count). The molecule has 0 radical (unpaired) electrons. The molecule has 22 heavy (non-hydrogen) atoms. The number of nitrogen functional groups attached to an aromatic ring is 1. The SMILES string of the molecule is CCOP(COC1OCC(n2ccc(N)nc2=O)S1)OCC. The van der Waals surface area contributed by atoms with E-state index in [1.165, 1.54) is 16.3 Å². The molecule has 1 saturated heterocycles. The number of thioether (sulfide) groups is 1. The molecular formula is C12H20N3O5PS. The standard InChI is InChI=1S/C12H20N3O5PS/c1-3-19-21(20-4-2)8-18-12-17-7-10(22-12)15-6-5-9(13)14-11(15)16/h5-6,10,12H,3-4,7-8H2,1-2H3,(H2,13,14,16). The Hall–Kier alpha value is -0.700. The summed E-state index contributed by atoms with van der Waals surface area (Å²) in [6.45, 7) is 5.32. The van der Waals surface area contributed by atoms with Crippen LogP contribution < -0.4 is 11.4 Å². The molecule has 1 aromatic heterocycles. The molecule has 0 saturated carbocycles. The minimum absolute atomic E-state index is 0.184. The Morgan fingerprint density at radius 2 is 2.23 bits per heavy atom. The van der Waals surface area contributed by atoms with Gasteiger partial charge in [0.2, 0.25) is 5.62 Å². The van der Waals surface area contributed by atoms with Crippen molar-refractivity contribution in [3.8, 4) is 0 Å². The maximum Gasteiger partial charge on any atom is 0.350 e. The molecule has 124 valence electrons. The van der Waals surface area contributed by atoms with Gasteiger partial charge in [0.1, 0.15) is 17.5 Å². The van der Waals surface area contributed by atoms with Crippen LogP contribution in [-0.2, 0) is 18.5 Å². The molecule has 8 nitrogen and oxygen atoms in total. The van der Waals surface area contributed by atoms with Gasteiger partial charge in [-0.05, 0) is 19.9 Å². The number of nitrogens with two attached hydrogens (primary N) is 1. The smallest absolute Gasteiger partial charge is 0.350 e. The number of hydrogen-bond acceptors (Lipinski definition) is 8. The van der Waals surface area contributed by atoms with E-state index in [4.69, 9.17) is 24.3 Å². The Labute approximate surface area is 134 Å².